The van der Waals surface area contributed by atoms with Gasteiger partial charge in [0.25, 0.3) is 0 Å². The molecule has 134 valence electrons. The van der Waals surface area contributed by atoms with Crippen LogP contribution >= 0.6 is 0 Å². The average molecular weight is 339 g/mol. The maximum Gasteiger partial charge on any atom is 0.119 e. The Morgan fingerprint density at radius 2 is 1.72 bits per heavy atom. The summed E-state index contributed by atoms with van der Waals surface area (Å²) in [6, 6.07) is 18.3. The van der Waals surface area contributed by atoms with Gasteiger partial charge < -0.3 is 14.7 Å². The third-order valence-electron chi connectivity index (χ3n) is 5.13. The number of aliphatic hydroxyl groups is 1. The van der Waals surface area contributed by atoms with Gasteiger partial charge in [0.05, 0.1) is 12.7 Å². The summed E-state index contributed by atoms with van der Waals surface area (Å²) in [5.41, 5.74) is 2.31. The van der Waals surface area contributed by atoms with Gasteiger partial charge in [-0.2, -0.15) is 0 Å². The molecule has 0 radical (unpaired) electrons. The van der Waals surface area contributed by atoms with Crippen molar-refractivity contribution in [2.45, 2.75) is 32.3 Å². The van der Waals surface area contributed by atoms with E-state index in [2.05, 4.69) is 24.0 Å². The van der Waals surface area contributed by atoms with Crippen molar-refractivity contribution >= 4 is 0 Å². The lowest BCUT2D eigenvalue weighted by atomic mass is 9.87. The van der Waals surface area contributed by atoms with Crippen molar-refractivity contribution in [3.63, 3.8) is 0 Å². The summed E-state index contributed by atoms with van der Waals surface area (Å²) in [7, 11) is 0. The molecular formula is C22H29NO2. The number of rotatable bonds is 7. The summed E-state index contributed by atoms with van der Waals surface area (Å²) in [6.07, 6.45) is 2.84. The highest BCUT2D eigenvalue weighted by Gasteiger charge is 2.25. The molecule has 0 amide bonds. The maximum atomic E-state index is 10.6. The fourth-order valence-corrected chi connectivity index (χ4v) is 3.53. The first-order valence-electron chi connectivity index (χ1n) is 9.37. The minimum atomic E-state index is -0.326. The van der Waals surface area contributed by atoms with Gasteiger partial charge in [-0.25, -0.2) is 0 Å². The van der Waals surface area contributed by atoms with E-state index in [0.717, 1.165) is 56.8 Å². The number of ether oxygens (including phenoxy) is 1. The van der Waals surface area contributed by atoms with Crippen molar-refractivity contribution in [2.75, 3.05) is 26.2 Å². The predicted molar refractivity (Wildman–Crippen MR) is 102 cm³/mol. The second-order valence-electron chi connectivity index (χ2n) is 7.05. The van der Waals surface area contributed by atoms with Crippen molar-refractivity contribution in [1.82, 2.24) is 4.90 Å². The Labute approximate surface area is 151 Å². The Balaban J connectivity index is 1.34. The number of nitrogens with zero attached hydrogens (tertiary/aromatic N) is 1. The molecule has 0 saturated carbocycles. The monoisotopic (exact) mass is 339 g/mol. The first-order chi connectivity index (χ1) is 12.2. The standard InChI is InChI=1S/C22H29NO2/c1-18-8-10-21(11-9-18)25-17-5-14-23-15-12-20(13-16-23)22(24)19-6-3-2-4-7-19/h2-4,6-11,20,22,24H,5,12-17H2,1H3. The zero-order valence-electron chi connectivity index (χ0n) is 15.1. The van der Waals surface area contributed by atoms with E-state index in [1.54, 1.807) is 0 Å². The van der Waals surface area contributed by atoms with Crippen LogP contribution in [0.1, 0.15) is 36.5 Å². The minimum absolute atomic E-state index is 0.326. The van der Waals surface area contributed by atoms with Crippen LogP contribution in [0.3, 0.4) is 0 Å². The fraction of sp³-hybridized carbons (Fsp3) is 0.455. The number of benzene rings is 2. The van der Waals surface area contributed by atoms with E-state index in [1.165, 1.54) is 5.56 Å². The summed E-state index contributed by atoms with van der Waals surface area (Å²) in [4.78, 5) is 2.49. The molecule has 0 bridgehead atoms. The van der Waals surface area contributed by atoms with Crippen LogP contribution in [-0.4, -0.2) is 36.2 Å². The van der Waals surface area contributed by atoms with Gasteiger partial charge in [-0.05, 0) is 62.9 Å². The second-order valence-corrected chi connectivity index (χ2v) is 7.05. The molecule has 0 spiro atoms. The quantitative estimate of drug-likeness (QED) is 0.767. The number of hydrogen-bond donors (Lipinski definition) is 1. The summed E-state index contributed by atoms with van der Waals surface area (Å²) >= 11 is 0. The lowest BCUT2D eigenvalue weighted by Crippen LogP contribution is -2.36. The largest absolute Gasteiger partial charge is 0.494 e. The second kappa shape index (κ2) is 9.02. The van der Waals surface area contributed by atoms with Crippen LogP contribution in [0.5, 0.6) is 5.75 Å². The summed E-state index contributed by atoms with van der Waals surface area (Å²) in [5, 5.41) is 10.6. The molecule has 0 aromatic heterocycles. The number of piperidine rings is 1. The third kappa shape index (κ3) is 5.32. The first-order valence-corrected chi connectivity index (χ1v) is 9.37. The normalized spacial score (nSPS) is 17.4. The predicted octanol–water partition coefficient (Wildman–Crippen LogP) is 4.21. The molecule has 0 aliphatic carbocycles. The van der Waals surface area contributed by atoms with Crippen molar-refractivity contribution in [2.24, 2.45) is 5.92 Å². The molecule has 1 saturated heterocycles. The molecule has 1 aliphatic rings. The zero-order valence-corrected chi connectivity index (χ0v) is 15.1. The Morgan fingerprint density at radius 3 is 2.40 bits per heavy atom. The summed E-state index contributed by atoms with van der Waals surface area (Å²) < 4.78 is 5.80. The molecule has 3 heteroatoms. The van der Waals surface area contributed by atoms with Crippen molar-refractivity contribution in [3.05, 3.63) is 65.7 Å². The van der Waals surface area contributed by atoms with Crippen LogP contribution in [0.2, 0.25) is 0 Å². The number of aryl methyl sites for hydroxylation is 1. The number of aliphatic hydroxyl groups excluding tert-OH is 1. The lowest BCUT2D eigenvalue weighted by molar-refractivity contribution is 0.0575. The van der Waals surface area contributed by atoms with E-state index < -0.39 is 0 Å². The van der Waals surface area contributed by atoms with Gasteiger partial charge in [0.15, 0.2) is 0 Å². The van der Waals surface area contributed by atoms with E-state index >= 15 is 0 Å². The Kier molecular flexibility index (Phi) is 6.48. The maximum absolute atomic E-state index is 10.6. The van der Waals surface area contributed by atoms with Gasteiger partial charge in [0.1, 0.15) is 5.75 Å². The molecule has 3 nitrogen and oxygen atoms in total. The summed E-state index contributed by atoms with van der Waals surface area (Å²) in [6.45, 7) is 6.05. The lowest BCUT2D eigenvalue weighted by Gasteiger charge is -2.34. The van der Waals surface area contributed by atoms with Gasteiger partial charge in [0, 0.05) is 6.54 Å². The molecule has 2 aromatic rings. The number of hydrogen-bond acceptors (Lipinski definition) is 3. The molecule has 25 heavy (non-hydrogen) atoms. The molecule has 1 N–H and O–H groups in total. The van der Waals surface area contributed by atoms with E-state index in [9.17, 15) is 5.11 Å². The fourth-order valence-electron chi connectivity index (χ4n) is 3.53. The minimum Gasteiger partial charge on any atom is -0.494 e. The van der Waals surface area contributed by atoms with Gasteiger partial charge in [-0.1, -0.05) is 48.0 Å². The molecule has 2 aromatic carbocycles. The van der Waals surface area contributed by atoms with Crippen LogP contribution in [0.15, 0.2) is 54.6 Å². The van der Waals surface area contributed by atoms with Crippen molar-refractivity contribution in [1.29, 1.82) is 0 Å². The van der Waals surface area contributed by atoms with Crippen LogP contribution in [0.25, 0.3) is 0 Å². The van der Waals surface area contributed by atoms with E-state index in [-0.39, 0.29) is 6.10 Å². The molecule has 1 aliphatic heterocycles. The SMILES string of the molecule is Cc1ccc(OCCCN2CCC(C(O)c3ccccc3)CC2)cc1. The van der Waals surface area contributed by atoms with Gasteiger partial charge in [0.2, 0.25) is 0 Å². The van der Waals surface area contributed by atoms with E-state index in [0.29, 0.717) is 5.92 Å². The van der Waals surface area contributed by atoms with E-state index in [4.69, 9.17) is 4.74 Å². The molecule has 1 heterocycles. The smallest absolute Gasteiger partial charge is 0.119 e. The van der Waals surface area contributed by atoms with Gasteiger partial charge >= 0.3 is 0 Å². The van der Waals surface area contributed by atoms with E-state index in [1.807, 2.05) is 42.5 Å². The van der Waals surface area contributed by atoms with Crippen LogP contribution in [0.4, 0.5) is 0 Å². The Hall–Kier alpha value is -1.84. The Bertz CT molecular complexity index is 618. The highest BCUT2D eigenvalue weighted by molar-refractivity contribution is 5.26. The topological polar surface area (TPSA) is 32.7 Å². The van der Waals surface area contributed by atoms with Crippen molar-refractivity contribution < 1.29 is 9.84 Å². The molecule has 1 unspecified atom stereocenters. The molecule has 3 rings (SSSR count). The Morgan fingerprint density at radius 1 is 1.04 bits per heavy atom. The average Bonchev–Trinajstić information content (AvgIpc) is 2.67. The zero-order chi connectivity index (χ0) is 17.5. The molecular weight excluding hydrogens is 310 g/mol. The van der Waals surface area contributed by atoms with Crippen LogP contribution in [0, 0.1) is 12.8 Å². The highest BCUT2D eigenvalue weighted by Crippen LogP contribution is 2.30. The third-order valence-corrected chi connectivity index (χ3v) is 5.13. The summed E-state index contributed by atoms with van der Waals surface area (Å²) in [5.74, 6) is 1.33. The van der Waals surface area contributed by atoms with Crippen molar-refractivity contribution in [3.8, 4) is 5.75 Å². The van der Waals surface area contributed by atoms with Gasteiger partial charge in [-0.3, -0.25) is 0 Å². The highest BCUT2D eigenvalue weighted by atomic mass is 16.5. The van der Waals surface area contributed by atoms with Crippen LogP contribution in [-0.2, 0) is 0 Å². The molecule has 1 atom stereocenters. The van der Waals surface area contributed by atoms with Gasteiger partial charge in [-0.15, -0.1) is 0 Å². The first kappa shape index (κ1) is 18.0. The van der Waals surface area contributed by atoms with Crippen LogP contribution < -0.4 is 4.74 Å². The molecule has 1 fully saturated rings. The number of likely N-dealkylation sites (tertiary alicyclic amines) is 1.